The third-order valence-electron chi connectivity index (χ3n) is 1.55. The van der Waals surface area contributed by atoms with Gasteiger partial charge in [-0.15, -0.1) is 12.6 Å². The van der Waals surface area contributed by atoms with E-state index in [-0.39, 0.29) is 0 Å². The van der Waals surface area contributed by atoms with Gasteiger partial charge in [-0.05, 0) is 12.8 Å². The molecule has 3 heteroatoms. The SMILES string of the molecule is Sc1cnc(C2CC2)[nH]1. The Morgan fingerprint density at radius 2 is 2.44 bits per heavy atom. The number of imidazole rings is 1. The summed E-state index contributed by atoms with van der Waals surface area (Å²) >= 11 is 4.11. The van der Waals surface area contributed by atoms with E-state index in [0.29, 0.717) is 5.92 Å². The molecule has 1 heterocycles. The highest BCUT2D eigenvalue weighted by Crippen LogP contribution is 2.38. The smallest absolute Gasteiger partial charge is 0.110 e. The van der Waals surface area contributed by atoms with Crippen molar-refractivity contribution in [3.8, 4) is 0 Å². The van der Waals surface area contributed by atoms with Crippen LogP contribution in [-0.4, -0.2) is 9.97 Å². The molecule has 1 aromatic heterocycles. The summed E-state index contributed by atoms with van der Waals surface area (Å²) < 4.78 is 0. The largest absolute Gasteiger partial charge is 0.337 e. The summed E-state index contributed by atoms with van der Waals surface area (Å²) in [6.07, 6.45) is 4.35. The molecule has 2 nitrogen and oxygen atoms in total. The highest BCUT2D eigenvalue weighted by atomic mass is 32.1. The molecule has 0 saturated heterocycles. The lowest BCUT2D eigenvalue weighted by molar-refractivity contribution is 0.958. The van der Waals surface area contributed by atoms with Crippen molar-refractivity contribution in [2.24, 2.45) is 0 Å². The standard InChI is InChI=1S/C6H8N2S/c9-5-3-7-6(8-5)4-1-2-4/h3-4,9H,1-2H2,(H,7,8). The van der Waals surface area contributed by atoms with Gasteiger partial charge in [0.05, 0.1) is 11.2 Å². The van der Waals surface area contributed by atoms with Gasteiger partial charge >= 0.3 is 0 Å². The van der Waals surface area contributed by atoms with Crippen LogP contribution >= 0.6 is 12.6 Å². The molecular weight excluding hydrogens is 132 g/mol. The molecule has 0 amide bonds. The van der Waals surface area contributed by atoms with Crippen molar-refractivity contribution in [1.29, 1.82) is 0 Å². The number of nitrogens with zero attached hydrogens (tertiary/aromatic N) is 1. The summed E-state index contributed by atoms with van der Waals surface area (Å²) in [6, 6.07) is 0. The van der Waals surface area contributed by atoms with Crippen LogP contribution in [0, 0.1) is 0 Å². The second-order valence-corrected chi connectivity index (χ2v) is 2.91. The minimum Gasteiger partial charge on any atom is -0.337 e. The number of aromatic amines is 1. The average molecular weight is 140 g/mol. The quantitative estimate of drug-likeness (QED) is 0.570. The van der Waals surface area contributed by atoms with Crippen LogP contribution in [0.2, 0.25) is 0 Å². The summed E-state index contributed by atoms with van der Waals surface area (Å²) in [4.78, 5) is 7.24. The van der Waals surface area contributed by atoms with Crippen LogP contribution in [0.15, 0.2) is 11.2 Å². The van der Waals surface area contributed by atoms with Gasteiger partial charge in [0.2, 0.25) is 0 Å². The van der Waals surface area contributed by atoms with E-state index in [9.17, 15) is 0 Å². The molecule has 2 rings (SSSR count). The maximum atomic E-state index is 4.15. The highest BCUT2D eigenvalue weighted by Gasteiger charge is 2.25. The molecule has 9 heavy (non-hydrogen) atoms. The van der Waals surface area contributed by atoms with E-state index in [2.05, 4.69) is 22.6 Å². The molecule has 0 radical (unpaired) electrons. The van der Waals surface area contributed by atoms with Crippen LogP contribution in [0.4, 0.5) is 0 Å². The van der Waals surface area contributed by atoms with Crippen molar-refractivity contribution in [2.45, 2.75) is 23.8 Å². The first-order valence-corrected chi connectivity index (χ1v) is 3.55. The fourth-order valence-electron chi connectivity index (χ4n) is 0.891. The number of thiol groups is 1. The van der Waals surface area contributed by atoms with Gasteiger partial charge in [-0.3, -0.25) is 0 Å². The van der Waals surface area contributed by atoms with Gasteiger partial charge in [-0.2, -0.15) is 0 Å². The summed E-state index contributed by atoms with van der Waals surface area (Å²) in [7, 11) is 0. The predicted molar refractivity (Wildman–Crippen MR) is 37.8 cm³/mol. The Morgan fingerprint density at radius 3 is 2.89 bits per heavy atom. The first kappa shape index (κ1) is 5.35. The fourth-order valence-corrected chi connectivity index (χ4v) is 1.06. The summed E-state index contributed by atoms with van der Waals surface area (Å²) in [6.45, 7) is 0. The lowest BCUT2D eigenvalue weighted by Gasteiger charge is -1.84. The molecule has 1 N–H and O–H groups in total. The topological polar surface area (TPSA) is 28.7 Å². The number of rotatable bonds is 1. The predicted octanol–water partition coefficient (Wildman–Crippen LogP) is 1.58. The zero-order valence-corrected chi connectivity index (χ0v) is 5.86. The van der Waals surface area contributed by atoms with Gasteiger partial charge in [0.1, 0.15) is 5.82 Å². The number of hydrogen-bond acceptors (Lipinski definition) is 2. The molecule has 1 aliphatic rings. The van der Waals surface area contributed by atoms with E-state index in [1.807, 2.05) is 0 Å². The molecule has 0 aliphatic heterocycles. The molecule has 0 aromatic carbocycles. The van der Waals surface area contributed by atoms with Crippen molar-refractivity contribution in [2.75, 3.05) is 0 Å². The van der Waals surface area contributed by atoms with Crippen molar-refractivity contribution >= 4 is 12.6 Å². The van der Waals surface area contributed by atoms with Gasteiger partial charge in [0.25, 0.3) is 0 Å². The molecule has 0 atom stereocenters. The van der Waals surface area contributed by atoms with E-state index in [1.54, 1.807) is 6.20 Å². The van der Waals surface area contributed by atoms with Crippen LogP contribution in [0.3, 0.4) is 0 Å². The van der Waals surface area contributed by atoms with Gasteiger partial charge in [0, 0.05) is 5.92 Å². The van der Waals surface area contributed by atoms with Gasteiger partial charge < -0.3 is 4.98 Å². The van der Waals surface area contributed by atoms with Crippen LogP contribution in [0.1, 0.15) is 24.6 Å². The first-order chi connectivity index (χ1) is 4.36. The first-order valence-electron chi connectivity index (χ1n) is 3.10. The lowest BCUT2D eigenvalue weighted by Crippen LogP contribution is -1.79. The Hall–Kier alpha value is -0.440. The molecule has 0 spiro atoms. The van der Waals surface area contributed by atoms with Gasteiger partial charge in [0.15, 0.2) is 0 Å². The summed E-state index contributed by atoms with van der Waals surface area (Å²) in [5, 5.41) is 0.872. The van der Waals surface area contributed by atoms with Gasteiger partial charge in [-0.1, -0.05) is 0 Å². The molecular formula is C6H8N2S. The Kier molecular flexibility index (Phi) is 1.05. The Labute approximate surface area is 59.1 Å². The second-order valence-electron chi connectivity index (χ2n) is 2.43. The molecule has 0 bridgehead atoms. The van der Waals surface area contributed by atoms with E-state index >= 15 is 0 Å². The molecule has 0 unspecified atom stereocenters. The molecule has 1 aliphatic carbocycles. The summed E-state index contributed by atoms with van der Waals surface area (Å²) in [5.41, 5.74) is 0. The lowest BCUT2D eigenvalue weighted by atomic mass is 10.4. The Morgan fingerprint density at radius 1 is 1.67 bits per heavy atom. The number of aromatic nitrogens is 2. The van der Waals surface area contributed by atoms with Crippen LogP contribution in [-0.2, 0) is 0 Å². The zero-order chi connectivity index (χ0) is 6.27. The van der Waals surface area contributed by atoms with Crippen LogP contribution < -0.4 is 0 Å². The number of hydrogen-bond donors (Lipinski definition) is 2. The van der Waals surface area contributed by atoms with E-state index < -0.39 is 0 Å². The van der Waals surface area contributed by atoms with Crippen molar-refractivity contribution in [3.63, 3.8) is 0 Å². The van der Waals surface area contributed by atoms with Gasteiger partial charge in [-0.25, -0.2) is 4.98 Å². The molecule has 1 fully saturated rings. The van der Waals surface area contributed by atoms with Crippen LogP contribution in [0.5, 0.6) is 0 Å². The van der Waals surface area contributed by atoms with E-state index in [1.165, 1.54) is 12.8 Å². The van der Waals surface area contributed by atoms with Crippen molar-refractivity contribution in [1.82, 2.24) is 9.97 Å². The Bertz CT molecular complexity index is 215. The summed E-state index contributed by atoms with van der Waals surface area (Å²) in [5.74, 6) is 1.82. The second kappa shape index (κ2) is 1.77. The van der Waals surface area contributed by atoms with Crippen molar-refractivity contribution in [3.05, 3.63) is 12.0 Å². The number of nitrogens with one attached hydrogen (secondary N) is 1. The normalized spacial score (nSPS) is 18.3. The third kappa shape index (κ3) is 0.965. The van der Waals surface area contributed by atoms with Crippen LogP contribution in [0.25, 0.3) is 0 Å². The molecule has 48 valence electrons. The zero-order valence-electron chi connectivity index (χ0n) is 4.96. The number of H-pyrrole nitrogens is 1. The minimum absolute atomic E-state index is 0.714. The van der Waals surface area contributed by atoms with E-state index in [0.717, 1.165) is 10.9 Å². The minimum atomic E-state index is 0.714. The maximum absolute atomic E-state index is 4.15. The third-order valence-corrected chi connectivity index (χ3v) is 1.77. The monoisotopic (exact) mass is 140 g/mol. The van der Waals surface area contributed by atoms with E-state index in [4.69, 9.17) is 0 Å². The Balaban J connectivity index is 2.28. The fraction of sp³-hybridized carbons (Fsp3) is 0.500. The maximum Gasteiger partial charge on any atom is 0.110 e. The van der Waals surface area contributed by atoms with Crippen molar-refractivity contribution < 1.29 is 0 Å². The molecule has 1 saturated carbocycles. The average Bonchev–Trinajstić information content (AvgIpc) is 2.58. The molecule has 1 aromatic rings. The highest BCUT2D eigenvalue weighted by molar-refractivity contribution is 7.80.